The van der Waals surface area contributed by atoms with Crippen LogP contribution in [-0.2, 0) is 6.42 Å². The summed E-state index contributed by atoms with van der Waals surface area (Å²) < 4.78 is 0. The maximum atomic E-state index is 3.34. The maximum absolute atomic E-state index is 3.34. The van der Waals surface area contributed by atoms with Crippen LogP contribution in [0.4, 0.5) is 5.69 Å². The molecule has 14 heavy (non-hydrogen) atoms. The molecule has 2 aromatic rings. The Hall–Kier alpha value is -1.70. The molecule has 0 unspecified atom stereocenters. The monoisotopic (exact) mass is 186 g/mol. The summed E-state index contributed by atoms with van der Waals surface area (Å²) in [6, 6.07) is 12.5. The van der Waals surface area contributed by atoms with E-state index in [1.54, 1.807) is 0 Å². The van der Waals surface area contributed by atoms with Gasteiger partial charge in [-0.05, 0) is 18.1 Å². The average Bonchev–Trinajstić information content (AvgIpc) is 2.72. The molecule has 0 bridgehead atoms. The highest BCUT2D eigenvalue weighted by Crippen LogP contribution is 2.04. The van der Waals surface area contributed by atoms with Crippen LogP contribution in [0.3, 0.4) is 0 Å². The van der Waals surface area contributed by atoms with E-state index in [-0.39, 0.29) is 0 Å². The zero-order chi connectivity index (χ0) is 9.64. The van der Waals surface area contributed by atoms with Gasteiger partial charge in [-0.25, -0.2) is 0 Å². The van der Waals surface area contributed by atoms with E-state index in [0.29, 0.717) is 0 Å². The Balaban J connectivity index is 1.79. The molecule has 0 amide bonds. The third kappa shape index (κ3) is 2.39. The minimum Gasteiger partial charge on any atom is -0.383 e. The largest absolute Gasteiger partial charge is 0.383 e. The van der Waals surface area contributed by atoms with Crippen LogP contribution < -0.4 is 5.32 Å². The Labute approximate surface area is 84.0 Å². The van der Waals surface area contributed by atoms with Crippen molar-refractivity contribution in [1.29, 1.82) is 0 Å². The summed E-state index contributed by atoms with van der Waals surface area (Å²) in [5.74, 6) is 0. The van der Waals surface area contributed by atoms with E-state index in [1.165, 1.54) is 5.56 Å². The van der Waals surface area contributed by atoms with Crippen LogP contribution in [0.5, 0.6) is 0 Å². The van der Waals surface area contributed by atoms with Crippen molar-refractivity contribution in [3.05, 3.63) is 54.4 Å². The van der Waals surface area contributed by atoms with Gasteiger partial charge in [0.2, 0.25) is 0 Å². The highest BCUT2D eigenvalue weighted by atomic mass is 14.9. The van der Waals surface area contributed by atoms with Gasteiger partial charge in [0.25, 0.3) is 0 Å². The molecule has 1 heterocycles. The van der Waals surface area contributed by atoms with E-state index in [1.807, 2.05) is 24.5 Å². The molecule has 2 rings (SSSR count). The predicted octanol–water partition coefficient (Wildman–Crippen LogP) is 2.67. The molecule has 0 aliphatic heterocycles. The average molecular weight is 186 g/mol. The lowest BCUT2D eigenvalue weighted by molar-refractivity contribution is 1.02. The Morgan fingerprint density at radius 2 is 1.93 bits per heavy atom. The van der Waals surface area contributed by atoms with Crippen molar-refractivity contribution in [2.24, 2.45) is 0 Å². The molecule has 0 fully saturated rings. The van der Waals surface area contributed by atoms with Gasteiger partial charge in [-0.2, -0.15) is 0 Å². The number of nitrogens with one attached hydrogen (secondary N) is 2. The van der Waals surface area contributed by atoms with Gasteiger partial charge in [0.15, 0.2) is 0 Å². The Morgan fingerprint density at radius 1 is 1.07 bits per heavy atom. The van der Waals surface area contributed by atoms with Crippen LogP contribution >= 0.6 is 0 Å². The first-order chi connectivity index (χ1) is 6.95. The zero-order valence-corrected chi connectivity index (χ0v) is 8.03. The van der Waals surface area contributed by atoms with E-state index in [4.69, 9.17) is 0 Å². The summed E-state index contributed by atoms with van der Waals surface area (Å²) in [5, 5.41) is 3.34. The molecular formula is C12H14N2. The normalized spacial score (nSPS) is 10.0. The summed E-state index contributed by atoms with van der Waals surface area (Å²) >= 11 is 0. The van der Waals surface area contributed by atoms with E-state index in [2.05, 4.69) is 34.6 Å². The summed E-state index contributed by atoms with van der Waals surface area (Å²) in [4.78, 5) is 3.02. The van der Waals surface area contributed by atoms with Crippen LogP contribution in [-0.4, -0.2) is 11.5 Å². The van der Waals surface area contributed by atoms with Crippen molar-refractivity contribution >= 4 is 5.69 Å². The lowest BCUT2D eigenvalue weighted by Crippen LogP contribution is -2.03. The third-order valence-electron chi connectivity index (χ3n) is 2.18. The van der Waals surface area contributed by atoms with E-state index < -0.39 is 0 Å². The SMILES string of the molecule is c1ccc(CCNc2cc[nH]c2)cc1. The number of aromatic nitrogens is 1. The van der Waals surface area contributed by atoms with Gasteiger partial charge in [-0.3, -0.25) is 0 Å². The number of hydrogen-bond donors (Lipinski definition) is 2. The lowest BCUT2D eigenvalue weighted by atomic mass is 10.1. The molecule has 2 nitrogen and oxygen atoms in total. The topological polar surface area (TPSA) is 27.8 Å². The summed E-state index contributed by atoms with van der Waals surface area (Å²) in [7, 11) is 0. The standard InChI is InChI=1S/C12H14N2/c1-2-4-11(5-3-1)6-9-14-12-7-8-13-10-12/h1-5,7-8,10,13-14H,6,9H2. The second-order valence-electron chi connectivity index (χ2n) is 3.26. The molecular weight excluding hydrogens is 172 g/mol. The first kappa shape index (κ1) is 8.88. The highest BCUT2D eigenvalue weighted by molar-refractivity contribution is 5.40. The zero-order valence-electron chi connectivity index (χ0n) is 8.03. The van der Waals surface area contributed by atoms with E-state index in [0.717, 1.165) is 18.7 Å². The quantitative estimate of drug-likeness (QED) is 0.754. The second kappa shape index (κ2) is 4.51. The van der Waals surface area contributed by atoms with Gasteiger partial charge in [-0.1, -0.05) is 30.3 Å². The van der Waals surface area contributed by atoms with Gasteiger partial charge in [-0.15, -0.1) is 0 Å². The highest BCUT2D eigenvalue weighted by Gasteiger charge is 1.92. The summed E-state index contributed by atoms with van der Waals surface area (Å²) in [5.41, 5.74) is 2.52. The minimum absolute atomic E-state index is 0.974. The fraction of sp³-hybridized carbons (Fsp3) is 0.167. The molecule has 0 radical (unpaired) electrons. The van der Waals surface area contributed by atoms with Gasteiger partial charge >= 0.3 is 0 Å². The van der Waals surface area contributed by atoms with Crippen LogP contribution in [0.25, 0.3) is 0 Å². The maximum Gasteiger partial charge on any atom is 0.0517 e. The number of hydrogen-bond acceptors (Lipinski definition) is 1. The summed E-state index contributed by atoms with van der Waals surface area (Å²) in [6.07, 6.45) is 4.95. The first-order valence-electron chi connectivity index (χ1n) is 4.86. The lowest BCUT2D eigenvalue weighted by Gasteiger charge is -2.03. The first-order valence-corrected chi connectivity index (χ1v) is 4.86. The summed E-state index contributed by atoms with van der Waals surface area (Å²) in [6.45, 7) is 0.974. The number of H-pyrrole nitrogens is 1. The molecule has 2 heteroatoms. The van der Waals surface area contributed by atoms with Gasteiger partial charge in [0.1, 0.15) is 0 Å². The molecule has 0 aliphatic rings. The number of benzene rings is 1. The van der Waals surface area contributed by atoms with Crippen molar-refractivity contribution < 1.29 is 0 Å². The van der Waals surface area contributed by atoms with Crippen LogP contribution in [0.15, 0.2) is 48.8 Å². The Morgan fingerprint density at radius 3 is 2.64 bits per heavy atom. The Kier molecular flexibility index (Phi) is 2.86. The van der Waals surface area contributed by atoms with Crippen molar-refractivity contribution in [3.8, 4) is 0 Å². The van der Waals surface area contributed by atoms with Crippen molar-refractivity contribution in [3.63, 3.8) is 0 Å². The molecule has 0 spiro atoms. The number of aromatic amines is 1. The molecule has 0 aliphatic carbocycles. The molecule has 2 N–H and O–H groups in total. The molecule has 0 saturated carbocycles. The van der Waals surface area contributed by atoms with E-state index in [9.17, 15) is 0 Å². The number of rotatable bonds is 4. The van der Waals surface area contributed by atoms with Crippen LogP contribution in [0.2, 0.25) is 0 Å². The van der Waals surface area contributed by atoms with Gasteiger partial charge < -0.3 is 10.3 Å². The molecule has 72 valence electrons. The molecule has 1 aromatic carbocycles. The molecule has 0 atom stereocenters. The third-order valence-corrected chi connectivity index (χ3v) is 2.18. The second-order valence-corrected chi connectivity index (χ2v) is 3.26. The van der Waals surface area contributed by atoms with Crippen molar-refractivity contribution in [2.45, 2.75) is 6.42 Å². The molecule has 1 aromatic heterocycles. The Bertz CT molecular complexity index is 351. The van der Waals surface area contributed by atoms with Crippen LogP contribution in [0.1, 0.15) is 5.56 Å². The fourth-order valence-corrected chi connectivity index (χ4v) is 1.43. The fourth-order valence-electron chi connectivity index (χ4n) is 1.43. The van der Waals surface area contributed by atoms with Gasteiger partial charge in [0, 0.05) is 18.9 Å². The van der Waals surface area contributed by atoms with E-state index >= 15 is 0 Å². The minimum atomic E-state index is 0.974. The number of anilines is 1. The predicted molar refractivity (Wildman–Crippen MR) is 59.4 cm³/mol. The molecule has 0 saturated heterocycles. The smallest absolute Gasteiger partial charge is 0.0517 e. The van der Waals surface area contributed by atoms with Crippen molar-refractivity contribution in [2.75, 3.05) is 11.9 Å². The van der Waals surface area contributed by atoms with Crippen molar-refractivity contribution in [1.82, 2.24) is 4.98 Å². The van der Waals surface area contributed by atoms with Crippen LogP contribution in [0, 0.1) is 0 Å². The van der Waals surface area contributed by atoms with Gasteiger partial charge in [0.05, 0.1) is 5.69 Å².